The lowest BCUT2D eigenvalue weighted by Gasteiger charge is -2.51. The van der Waals surface area contributed by atoms with Gasteiger partial charge in [0.25, 0.3) is 5.69 Å². The Morgan fingerprint density at radius 1 is 1.01 bits per heavy atom. The number of carbonyl (C=O) groups excluding carboxylic acids is 1. The molecule has 0 radical (unpaired) electrons. The highest BCUT2D eigenvalue weighted by molar-refractivity contribution is 5.73. The second kappa shape index (κ2) is 24.3. The first-order valence-electron chi connectivity index (χ1n) is 25.5. The van der Waals surface area contributed by atoms with Gasteiger partial charge >= 0.3 is 5.97 Å². The fourth-order valence-corrected chi connectivity index (χ4v) is 11.5. The van der Waals surface area contributed by atoms with E-state index in [1.165, 1.54) is 26.2 Å². The summed E-state index contributed by atoms with van der Waals surface area (Å²) >= 11 is 0. The highest BCUT2D eigenvalue weighted by Crippen LogP contribution is 2.45. The quantitative estimate of drug-likeness (QED) is 0.0960. The van der Waals surface area contributed by atoms with E-state index in [-0.39, 0.29) is 42.9 Å². The minimum absolute atomic E-state index is 0.00447. The molecule has 404 valence electrons. The SMILES string of the molecule is CC[C@H]1OC(=O)[C@H](C)[C@@H](C2C[C@@](C)(OC)[C@@H](O)[C@H](C)O2)[C@H](C)[C@@H](O[C@@H]2O[C@H](C)C[C@H](N(C)CCc3cn(C[C@@H](C)COc4ccc([N+](=O)[O-])cc4)nn3)[C@H]2O)[C@](C)(O)C[C@@H](C)CN(C)[C@H](C)[C@@H](O)[C@]1(C)O. The Bertz CT molecular complexity index is 2010. The van der Waals surface area contributed by atoms with Crippen LogP contribution in [0.3, 0.4) is 0 Å². The van der Waals surface area contributed by atoms with E-state index in [9.17, 15) is 40.4 Å². The van der Waals surface area contributed by atoms with Crippen LogP contribution in [0, 0.1) is 39.7 Å². The van der Waals surface area contributed by atoms with Crippen molar-refractivity contribution < 1.29 is 63.7 Å². The number of ether oxygens (including phenoxy) is 6. The van der Waals surface area contributed by atoms with Gasteiger partial charge < -0.3 is 63.8 Å². The molecule has 4 heterocycles. The molecule has 1 aromatic heterocycles. The first-order valence-corrected chi connectivity index (χ1v) is 25.5. The van der Waals surface area contributed by atoms with E-state index in [1.54, 1.807) is 58.4 Å². The van der Waals surface area contributed by atoms with E-state index in [4.69, 9.17) is 28.4 Å². The minimum atomic E-state index is -1.82. The summed E-state index contributed by atoms with van der Waals surface area (Å²) in [6, 6.07) is 4.97. The highest BCUT2D eigenvalue weighted by atomic mass is 16.7. The van der Waals surface area contributed by atoms with Crippen LogP contribution >= 0.6 is 0 Å². The molecule has 0 amide bonds. The number of nitrogens with zero attached hydrogens (tertiary/aromatic N) is 6. The zero-order valence-corrected chi connectivity index (χ0v) is 44.6. The number of methoxy groups -OCH3 is 1. The second-order valence-electron chi connectivity index (χ2n) is 22.1. The maximum Gasteiger partial charge on any atom is 0.309 e. The van der Waals surface area contributed by atoms with Crippen molar-refractivity contribution in [2.75, 3.05) is 40.9 Å². The number of non-ortho nitro benzene ring substituents is 1. The monoisotopic (exact) mass is 1010 g/mol. The molecule has 3 saturated heterocycles. The van der Waals surface area contributed by atoms with Crippen LogP contribution in [0.15, 0.2) is 30.5 Å². The summed E-state index contributed by atoms with van der Waals surface area (Å²) in [7, 11) is 5.30. The number of esters is 1. The summed E-state index contributed by atoms with van der Waals surface area (Å²) in [4.78, 5) is 29.1. The number of carbonyl (C=O) groups is 1. The molecule has 19 atom stereocenters. The van der Waals surface area contributed by atoms with E-state index >= 15 is 0 Å². The molecule has 5 N–H and O–H groups in total. The molecule has 3 aliphatic heterocycles. The fraction of sp³-hybridized carbons (Fsp3) is 0.824. The van der Waals surface area contributed by atoms with Crippen molar-refractivity contribution in [3.63, 3.8) is 0 Å². The molecule has 0 aliphatic carbocycles. The van der Waals surface area contributed by atoms with Crippen molar-refractivity contribution in [3.05, 3.63) is 46.3 Å². The molecule has 0 bridgehead atoms. The summed E-state index contributed by atoms with van der Waals surface area (Å²) in [6.07, 6.45) is -5.08. The number of likely N-dealkylation sites (N-methyl/N-ethyl adjacent to an activating group) is 2. The molecular weight excluding hydrogens is 921 g/mol. The van der Waals surface area contributed by atoms with Crippen molar-refractivity contribution in [2.45, 2.75) is 199 Å². The smallest absolute Gasteiger partial charge is 0.309 e. The molecule has 20 nitrogen and oxygen atoms in total. The molecule has 1 unspecified atom stereocenters. The molecule has 20 heteroatoms. The van der Waals surface area contributed by atoms with Gasteiger partial charge in [-0.3, -0.25) is 19.6 Å². The van der Waals surface area contributed by atoms with Crippen LogP contribution in [0.4, 0.5) is 5.69 Å². The summed E-state index contributed by atoms with van der Waals surface area (Å²) in [5.74, 6) is -2.60. The second-order valence-corrected chi connectivity index (χ2v) is 22.1. The molecule has 2 aromatic rings. The number of hydrogen-bond donors (Lipinski definition) is 5. The highest BCUT2D eigenvalue weighted by Gasteiger charge is 2.55. The zero-order valence-electron chi connectivity index (χ0n) is 44.6. The fourth-order valence-electron chi connectivity index (χ4n) is 11.5. The minimum Gasteiger partial charge on any atom is -0.493 e. The molecule has 1 aromatic carbocycles. The number of benzene rings is 1. The normalized spacial score (nSPS) is 39.8. The number of nitro groups is 1. The third-order valence-corrected chi connectivity index (χ3v) is 15.8. The van der Waals surface area contributed by atoms with Crippen LogP contribution in [-0.2, 0) is 41.4 Å². The number of nitro benzene ring substituents is 1. The van der Waals surface area contributed by atoms with Gasteiger partial charge in [-0.2, -0.15) is 0 Å². The standard InChI is InChI=1S/C51H86N6O14/c1-15-41-51(11,63)44(59)34(7)55(13)25-29(2)23-49(9,62)46(32(5)42(33(6)47(61)70-41)40-24-50(10,66-14)45(60)35(8)69-40)71-48-43(58)39(22-31(4)68-48)54(12)21-20-36-27-56(53-52-36)26-30(3)28-67-38-18-16-37(17-19-38)57(64)65/h16-19,27,29-35,39-46,48,58-60,62-63H,15,20-26,28H2,1-14H3/t29-,30-,31-,32+,33-,34-,35+,39+,40?,41-,42+,43-,44-,45+,46-,48+,49-,50-,51-/m1/s1. The van der Waals surface area contributed by atoms with Gasteiger partial charge in [0.1, 0.15) is 35.8 Å². The number of cyclic esters (lactones) is 1. The summed E-state index contributed by atoms with van der Waals surface area (Å²) in [5, 5.41) is 79.8. The van der Waals surface area contributed by atoms with Crippen LogP contribution in [-0.4, -0.2) is 186 Å². The molecule has 0 saturated carbocycles. The number of aliphatic hydroxyl groups is 5. The van der Waals surface area contributed by atoms with Gasteiger partial charge in [-0.1, -0.05) is 39.8 Å². The van der Waals surface area contributed by atoms with Gasteiger partial charge in [0.2, 0.25) is 0 Å². The summed E-state index contributed by atoms with van der Waals surface area (Å²) in [5.41, 5.74) is -3.73. The maximum atomic E-state index is 14.6. The molecule has 5 rings (SSSR count). The first kappa shape index (κ1) is 58.5. The lowest BCUT2D eigenvalue weighted by molar-refractivity contribution is -0.384. The molecule has 0 spiro atoms. The largest absolute Gasteiger partial charge is 0.493 e. The molecule has 3 aliphatic rings. The maximum absolute atomic E-state index is 14.6. The van der Waals surface area contributed by atoms with Crippen LogP contribution in [0.25, 0.3) is 0 Å². The summed E-state index contributed by atoms with van der Waals surface area (Å²) < 4.78 is 39.8. The predicted octanol–water partition coefficient (Wildman–Crippen LogP) is 4.00. The Morgan fingerprint density at radius 2 is 1.68 bits per heavy atom. The van der Waals surface area contributed by atoms with Crippen LogP contribution < -0.4 is 4.74 Å². The van der Waals surface area contributed by atoms with Gasteiger partial charge in [0.05, 0.1) is 58.8 Å². The van der Waals surface area contributed by atoms with E-state index in [1.807, 2.05) is 52.9 Å². The number of rotatable bonds is 15. The van der Waals surface area contributed by atoms with E-state index < -0.39 is 107 Å². The molecule has 3 fully saturated rings. The van der Waals surface area contributed by atoms with Crippen LogP contribution in [0.5, 0.6) is 5.75 Å². The Kier molecular flexibility index (Phi) is 20.0. The van der Waals surface area contributed by atoms with Crippen LogP contribution in [0.1, 0.15) is 108 Å². The van der Waals surface area contributed by atoms with Crippen molar-refractivity contribution in [3.8, 4) is 5.75 Å². The van der Waals surface area contributed by atoms with Gasteiger partial charge in [0, 0.05) is 81.8 Å². The Balaban J connectivity index is 1.39. The average Bonchev–Trinajstić information content (AvgIpc) is 3.76. The Labute approximate surface area is 420 Å². The zero-order chi connectivity index (χ0) is 52.9. The summed E-state index contributed by atoms with van der Waals surface area (Å²) in [6.45, 7) is 21.7. The number of hydrogen-bond acceptors (Lipinski definition) is 18. The predicted molar refractivity (Wildman–Crippen MR) is 263 cm³/mol. The topological polar surface area (TPSA) is 254 Å². The van der Waals surface area contributed by atoms with Gasteiger partial charge in [-0.05, 0) is 98.9 Å². The number of aromatic nitrogens is 3. The Morgan fingerprint density at radius 3 is 2.30 bits per heavy atom. The number of aliphatic hydroxyl groups excluding tert-OH is 3. The van der Waals surface area contributed by atoms with Crippen molar-refractivity contribution in [1.82, 2.24) is 24.8 Å². The lowest BCUT2D eigenvalue weighted by Crippen LogP contribution is -2.62. The molecule has 71 heavy (non-hydrogen) atoms. The van der Waals surface area contributed by atoms with E-state index in [0.29, 0.717) is 44.8 Å². The van der Waals surface area contributed by atoms with E-state index in [2.05, 4.69) is 15.2 Å². The van der Waals surface area contributed by atoms with E-state index in [0.717, 1.165) is 5.69 Å². The Hall–Kier alpha value is -3.41. The molecular formula is C51H86N6O14. The van der Waals surface area contributed by atoms with Crippen molar-refractivity contribution in [2.24, 2.45) is 29.6 Å². The van der Waals surface area contributed by atoms with Gasteiger partial charge in [-0.15, -0.1) is 5.10 Å². The third-order valence-electron chi connectivity index (χ3n) is 15.8. The average molecular weight is 1010 g/mol. The van der Waals surface area contributed by atoms with Crippen molar-refractivity contribution in [1.29, 1.82) is 0 Å². The van der Waals surface area contributed by atoms with Gasteiger partial charge in [0.15, 0.2) is 6.29 Å². The lowest BCUT2D eigenvalue weighted by atomic mass is 9.68. The van der Waals surface area contributed by atoms with Crippen molar-refractivity contribution >= 4 is 11.7 Å². The first-order chi connectivity index (χ1) is 33.1. The third kappa shape index (κ3) is 14.1. The van der Waals surface area contributed by atoms with Gasteiger partial charge in [-0.25, -0.2) is 0 Å². The van der Waals surface area contributed by atoms with Crippen LogP contribution in [0.2, 0.25) is 0 Å².